The first-order chi connectivity index (χ1) is 18.8. The maximum absolute atomic E-state index is 6.21. The fourth-order valence-electron chi connectivity index (χ4n) is 5.61. The standard InChI is InChI=1S/C36H26N2/c37-33-18-7-8-19-34(33)38-28-13-9-12-26(23-28)35-29-14-3-5-16-31(29)36(32-17-6-4-15-30(32)35)27-21-20-24-10-1-2-11-25(24)22-27/h1-23,38H,37H2. The number of rotatable bonds is 4. The van der Waals surface area contributed by atoms with Gasteiger partial charge in [0.15, 0.2) is 0 Å². The summed E-state index contributed by atoms with van der Waals surface area (Å²) in [7, 11) is 0. The Morgan fingerprint density at radius 3 is 1.63 bits per heavy atom. The zero-order valence-electron chi connectivity index (χ0n) is 20.9. The second-order valence-electron chi connectivity index (χ2n) is 9.70. The van der Waals surface area contributed by atoms with Crippen molar-refractivity contribution >= 4 is 49.4 Å². The van der Waals surface area contributed by atoms with Gasteiger partial charge in [0.1, 0.15) is 0 Å². The third-order valence-corrected chi connectivity index (χ3v) is 7.36. The molecule has 0 amide bonds. The Hall–Kier alpha value is -5.08. The zero-order valence-corrected chi connectivity index (χ0v) is 20.9. The highest BCUT2D eigenvalue weighted by Gasteiger charge is 2.17. The van der Waals surface area contributed by atoms with E-state index in [4.69, 9.17) is 5.73 Å². The highest BCUT2D eigenvalue weighted by Crippen LogP contribution is 2.44. The predicted molar refractivity (Wildman–Crippen MR) is 164 cm³/mol. The van der Waals surface area contributed by atoms with Gasteiger partial charge in [-0.2, -0.15) is 0 Å². The van der Waals surface area contributed by atoms with Crippen LogP contribution in [0.25, 0.3) is 54.6 Å². The van der Waals surface area contributed by atoms with Gasteiger partial charge in [-0.3, -0.25) is 0 Å². The van der Waals surface area contributed by atoms with Gasteiger partial charge in [0.25, 0.3) is 0 Å². The number of fused-ring (bicyclic) bond motifs is 3. The van der Waals surface area contributed by atoms with Gasteiger partial charge in [-0.1, -0.05) is 109 Å². The number of nitrogen functional groups attached to an aromatic ring is 1. The zero-order chi connectivity index (χ0) is 25.5. The second kappa shape index (κ2) is 9.10. The number of nitrogens with one attached hydrogen (secondary N) is 1. The van der Waals surface area contributed by atoms with Crippen LogP contribution in [0, 0.1) is 0 Å². The van der Waals surface area contributed by atoms with Crippen LogP contribution in [0.1, 0.15) is 0 Å². The third kappa shape index (κ3) is 3.75. The summed E-state index contributed by atoms with van der Waals surface area (Å²) in [6.07, 6.45) is 0. The van der Waals surface area contributed by atoms with Crippen molar-refractivity contribution in [3.05, 3.63) is 140 Å². The Bertz CT molecular complexity index is 1910. The van der Waals surface area contributed by atoms with Crippen LogP contribution in [0.2, 0.25) is 0 Å². The summed E-state index contributed by atoms with van der Waals surface area (Å²) in [5.74, 6) is 0. The molecule has 0 aliphatic rings. The van der Waals surface area contributed by atoms with Gasteiger partial charge in [0, 0.05) is 5.69 Å². The Morgan fingerprint density at radius 1 is 0.421 bits per heavy atom. The number of hydrogen-bond donors (Lipinski definition) is 2. The molecule has 0 unspecified atom stereocenters. The van der Waals surface area contributed by atoms with Gasteiger partial charge in [0.05, 0.1) is 11.4 Å². The molecule has 0 bridgehead atoms. The minimum Gasteiger partial charge on any atom is -0.397 e. The molecule has 180 valence electrons. The Kier molecular flexibility index (Phi) is 5.30. The molecular formula is C36H26N2. The Labute approximate surface area is 222 Å². The first-order valence-corrected chi connectivity index (χ1v) is 12.9. The molecule has 0 fully saturated rings. The summed E-state index contributed by atoms with van der Waals surface area (Å²) in [5.41, 5.74) is 13.8. The van der Waals surface area contributed by atoms with Gasteiger partial charge in [-0.25, -0.2) is 0 Å². The van der Waals surface area contributed by atoms with Crippen LogP contribution in [0.4, 0.5) is 17.1 Å². The lowest BCUT2D eigenvalue weighted by atomic mass is 9.85. The summed E-state index contributed by atoms with van der Waals surface area (Å²) in [4.78, 5) is 0. The van der Waals surface area contributed by atoms with E-state index in [0.717, 1.165) is 17.1 Å². The van der Waals surface area contributed by atoms with E-state index in [-0.39, 0.29) is 0 Å². The van der Waals surface area contributed by atoms with Crippen molar-refractivity contribution in [3.63, 3.8) is 0 Å². The van der Waals surface area contributed by atoms with Gasteiger partial charge >= 0.3 is 0 Å². The molecule has 0 heterocycles. The molecule has 0 radical (unpaired) electrons. The van der Waals surface area contributed by atoms with Crippen molar-refractivity contribution < 1.29 is 0 Å². The molecule has 0 spiro atoms. The molecule has 0 saturated carbocycles. The number of para-hydroxylation sites is 2. The van der Waals surface area contributed by atoms with Crippen LogP contribution in [-0.2, 0) is 0 Å². The second-order valence-corrected chi connectivity index (χ2v) is 9.70. The average molecular weight is 487 g/mol. The molecule has 0 aromatic heterocycles. The van der Waals surface area contributed by atoms with Crippen molar-refractivity contribution in [1.82, 2.24) is 0 Å². The van der Waals surface area contributed by atoms with Gasteiger partial charge in [0.2, 0.25) is 0 Å². The topological polar surface area (TPSA) is 38.0 Å². The Balaban J connectivity index is 1.48. The van der Waals surface area contributed by atoms with E-state index in [9.17, 15) is 0 Å². The molecule has 0 aliphatic heterocycles. The third-order valence-electron chi connectivity index (χ3n) is 7.36. The van der Waals surface area contributed by atoms with E-state index < -0.39 is 0 Å². The van der Waals surface area contributed by atoms with E-state index >= 15 is 0 Å². The van der Waals surface area contributed by atoms with Crippen molar-refractivity contribution in [2.75, 3.05) is 11.1 Å². The fraction of sp³-hybridized carbons (Fsp3) is 0. The highest BCUT2D eigenvalue weighted by atomic mass is 14.9. The molecule has 0 aliphatic carbocycles. The molecule has 7 aromatic rings. The molecule has 2 nitrogen and oxygen atoms in total. The maximum atomic E-state index is 6.21. The highest BCUT2D eigenvalue weighted by molar-refractivity contribution is 6.21. The van der Waals surface area contributed by atoms with Crippen LogP contribution in [0.5, 0.6) is 0 Å². The average Bonchev–Trinajstić information content (AvgIpc) is 2.97. The van der Waals surface area contributed by atoms with Crippen LogP contribution in [0.15, 0.2) is 140 Å². The SMILES string of the molecule is Nc1ccccc1Nc1cccc(-c2c3ccccc3c(-c3ccc4ccccc4c3)c3ccccc23)c1. The number of nitrogens with two attached hydrogens (primary N) is 1. The molecule has 0 saturated heterocycles. The lowest BCUT2D eigenvalue weighted by Gasteiger charge is -2.18. The molecule has 2 heteroatoms. The summed E-state index contributed by atoms with van der Waals surface area (Å²) in [6, 6.07) is 49.4. The summed E-state index contributed by atoms with van der Waals surface area (Å²) >= 11 is 0. The molecule has 7 rings (SSSR count). The van der Waals surface area contributed by atoms with Gasteiger partial charge in [-0.05, 0) is 84.9 Å². The lowest BCUT2D eigenvalue weighted by Crippen LogP contribution is -1.96. The summed E-state index contributed by atoms with van der Waals surface area (Å²) in [5, 5.41) is 11.0. The van der Waals surface area contributed by atoms with Crippen molar-refractivity contribution in [2.24, 2.45) is 0 Å². The van der Waals surface area contributed by atoms with Crippen LogP contribution < -0.4 is 11.1 Å². The molecule has 38 heavy (non-hydrogen) atoms. The number of benzene rings is 7. The lowest BCUT2D eigenvalue weighted by molar-refractivity contribution is 1.54. The van der Waals surface area contributed by atoms with E-state index in [2.05, 4.69) is 121 Å². The largest absolute Gasteiger partial charge is 0.397 e. The van der Waals surface area contributed by atoms with Crippen LogP contribution in [0.3, 0.4) is 0 Å². The maximum Gasteiger partial charge on any atom is 0.0617 e. The van der Waals surface area contributed by atoms with E-state index in [1.54, 1.807) is 0 Å². The summed E-state index contributed by atoms with van der Waals surface area (Å²) < 4.78 is 0. The first kappa shape index (κ1) is 22.1. The molecule has 3 N–H and O–H groups in total. The minimum atomic E-state index is 0.730. The minimum absolute atomic E-state index is 0.730. The fourth-order valence-corrected chi connectivity index (χ4v) is 5.61. The van der Waals surface area contributed by atoms with Crippen LogP contribution >= 0.6 is 0 Å². The quantitative estimate of drug-likeness (QED) is 0.192. The van der Waals surface area contributed by atoms with Crippen molar-refractivity contribution in [2.45, 2.75) is 0 Å². The van der Waals surface area contributed by atoms with Crippen molar-refractivity contribution in [3.8, 4) is 22.3 Å². The molecule has 0 atom stereocenters. The monoisotopic (exact) mass is 486 g/mol. The number of hydrogen-bond acceptors (Lipinski definition) is 2. The number of anilines is 3. The molecule has 7 aromatic carbocycles. The smallest absolute Gasteiger partial charge is 0.0617 e. The Morgan fingerprint density at radius 2 is 0.974 bits per heavy atom. The van der Waals surface area contributed by atoms with E-state index in [1.165, 1.54) is 54.6 Å². The first-order valence-electron chi connectivity index (χ1n) is 12.9. The predicted octanol–water partition coefficient (Wildman–Crippen LogP) is 9.81. The molecular weight excluding hydrogens is 460 g/mol. The van der Waals surface area contributed by atoms with E-state index in [0.29, 0.717) is 0 Å². The van der Waals surface area contributed by atoms with Crippen LogP contribution in [-0.4, -0.2) is 0 Å². The van der Waals surface area contributed by atoms with Crippen molar-refractivity contribution in [1.29, 1.82) is 0 Å². The van der Waals surface area contributed by atoms with E-state index in [1.807, 2.05) is 24.3 Å². The van der Waals surface area contributed by atoms with Gasteiger partial charge < -0.3 is 11.1 Å². The normalized spacial score (nSPS) is 11.3. The summed E-state index contributed by atoms with van der Waals surface area (Å²) in [6.45, 7) is 0. The van der Waals surface area contributed by atoms with Gasteiger partial charge in [-0.15, -0.1) is 0 Å².